The zero-order valence-corrected chi connectivity index (χ0v) is 12.6. The van der Waals surface area contributed by atoms with Crippen LogP contribution in [0.5, 0.6) is 5.75 Å². The van der Waals surface area contributed by atoms with Crippen LogP contribution in [0.15, 0.2) is 18.2 Å². The lowest BCUT2D eigenvalue weighted by molar-refractivity contribution is 0.190. The summed E-state index contributed by atoms with van der Waals surface area (Å²) in [5.74, 6) is 0.796. The van der Waals surface area contributed by atoms with E-state index >= 15 is 0 Å². The number of carbonyl (C=O) groups excluding carboxylic acids is 1. The minimum Gasteiger partial charge on any atom is -0.491 e. The molecule has 0 bridgehead atoms. The van der Waals surface area contributed by atoms with Gasteiger partial charge in [-0.1, -0.05) is 12.1 Å². The van der Waals surface area contributed by atoms with E-state index in [2.05, 4.69) is 5.32 Å². The predicted molar refractivity (Wildman–Crippen MR) is 78.9 cm³/mol. The Balaban J connectivity index is 2.69. The predicted octanol–water partition coefficient (Wildman–Crippen LogP) is 1.92. The minimum atomic E-state index is -0.213. The summed E-state index contributed by atoms with van der Waals surface area (Å²) in [6.45, 7) is 6.62. The number of carbonyl (C=O) groups is 1. The quantitative estimate of drug-likeness (QED) is 0.837. The molecule has 0 aliphatic heterocycles. The number of hydrogen-bond acceptors (Lipinski definition) is 3. The van der Waals surface area contributed by atoms with Crippen molar-refractivity contribution >= 4 is 6.03 Å². The van der Waals surface area contributed by atoms with Crippen molar-refractivity contribution in [3.63, 3.8) is 0 Å². The van der Waals surface area contributed by atoms with E-state index in [-0.39, 0.29) is 18.7 Å². The van der Waals surface area contributed by atoms with Crippen molar-refractivity contribution in [3.05, 3.63) is 29.3 Å². The normalized spacial score (nSPS) is 10.5. The van der Waals surface area contributed by atoms with Gasteiger partial charge in [-0.25, -0.2) is 4.79 Å². The molecule has 0 saturated carbocycles. The van der Waals surface area contributed by atoms with Gasteiger partial charge in [0.15, 0.2) is 0 Å². The third-order valence-electron chi connectivity index (χ3n) is 2.80. The highest BCUT2D eigenvalue weighted by atomic mass is 16.5. The number of likely N-dealkylation sites (N-methyl/N-ethyl adjacent to an activating group) is 1. The first-order valence-corrected chi connectivity index (χ1v) is 6.80. The van der Waals surface area contributed by atoms with Crippen molar-refractivity contribution in [1.29, 1.82) is 0 Å². The number of ether oxygens (including phenoxy) is 1. The van der Waals surface area contributed by atoms with Crippen molar-refractivity contribution in [2.75, 3.05) is 20.2 Å². The Morgan fingerprint density at radius 1 is 1.45 bits per heavy atom. The van der Waals surface area contributed by atoms with Gasteiger partial charge in [-0.3, -0.25) is 0 Å². The summed E-state index contributed by atoms with van der Waals surface area (Å²) < 4.78 is 5.76. The van der Waals surface area contributed by atoms with Crippen molar-refractivity contribution in [2.45, 2.75) is 33.4 Å². The van der Waals surface area contributed by atoms with Gasteiger partial charge in [-0.15, -0.1) is 0 Å². The number of nitrogens with zero attached hydrogens (tertiary/aromatic N) is 1. The first-order valence-electron chi connectivity index (χ1n) is 6.80. The fraction of sp³-hybridized carbons (Fsp3) is 0.533. The zero-order chi connectivity index (χ0) is 15.1. The van der Waals surface area contributed by atoms with Gasteiger partial charge in [0.05, 0.1) is 12.7 Å². The summed E-state index contributed by atoms with van der Waals surface area (Å²) in [5.41, 5.74) is 2.06. The molecule has 0 aromatic heterocycles. The second-order valence-electron chi connectivity index (χ2n) is 5.08. The van der Waals surface area contributed by atoms with Crippen LogP contribution >= 0.6 is 0 Å². The van der Waals surface area contributed by atoms with E-state index in [0.29, 0.717) is 13.1 Å². The van der Waals surface area contributed by atoms with Gasteiger partial charge in [0.2, 0.25) is 0 Å². The highest BCUT2D eigenvalue weighted by Gasteiger charge is 2.10. The molecule has 1 rings (SSSR count). The van der Waals surface area contributed by atoms with E-state index < -0.39 is 0 Å². The summed E-state index contributed by atoms with van der Waals surface area (Å²) in [7, 11) is 1.65. The van der Waals surface area contributed by atoms with Gasteiger partial charge < -0.3 is 20.1 Å². The van der Waals surface area contributed by atoms with Gasteiger partial charge in [-0.2, -0.15) is 0 Å². The van der Waals surface area contributed by atoms with Gasteiger partial charge in [-0.05, 0) is 32.4 Å². The van der Waals surface area contributed by atoms with E-state index in [9.17, 15) is 4.79 Å². The molecule has 0 fully saturated rings. The number of rotatable bonds is 6. The second kappa shape index (κ2) is 7.75. The molecule has 0 aliphatic carbocycles. The molecule has 0 spiro atoms. The number of urea groups is 1. The fourth-order valence-electron chi connectivity index (χ4n) is 1.73. The Morgan fingerprint density at radius 2 is 2.15 bits per heavy atom. The third kappa shape index (κ3) is 5.09. The van der Waals surface area contributed by atoms with Crippen molar-refractivity contribution in [3.8, 4) is 5.75 Å². The van der Waals surface area contributed by atoms with Crippen molar-refractivity contribution in [1.82, 2.24) is 10.2 Å². The maximum atomic E-state index is 11.8. The van der Waals surface area contributed by atoms with Crippen molar-refractivity contribution in [2.24, 2.45) is 0 Å². The monoisotopic (exact) mass is 280 g/mol. The van der Waals surface area contributed by atoms with Crippen LogP contribution in [0.2, 0.25) is 0 Å². The third-order valence-corrected chi connectivity index (χ3v) is 2.80. The number of hydrogen-bond donors (Lipinski definition) is 2. The van der Waals surface area contributed by atoms with Crippen LogP contribution in [0.3, 0.4) is 0 Å². The summed E-state index contributed by atoms with van der Waals surface area (Å²) >= 11 is 0. The van der Waals surface area contributed by atoms with E-state index in [1.165, 1.54) is 4.90 Å². The van der Waals surface area contributed by atoms with Crippen LogP contribution < -0.4 is 10.1 Å². The molecular formula is C15H24N2O3. The number of aryl methyl sites for hydroxylation is 1. The number of benzene rings is 1. The molecule has 1 aromatic carbocycles. The number of aliphatic hydroxyl groups excluding tert-OH is 1. The molecular weight excluding hydrogens is 256 g/mol. The molecule has 112 valence electrons. The molecule has 0 heterocycles. The van der Waals surface area contributed by atoms with E-state index in [1.54, 1.807) is 7.05 Å². The zero-order valence-electron chi connectivity index (χ0n) is 12.6. The highest BCUT2D eigenvalue weighted by Crippen LogP contribution is 2.21. The molecule has 1 aromatic rings. The van der Waals surface area contributed by atoms with E-state index in [1.807, 2.05) is 39.0 Å². The largest absolute Gasteiger partial charge is 0.491 e. The molecule has 2 amide bonds. The molecule has 0 atom stereocenters. The Labute approximate surface area is 120 Å². The first-order chi connectivity index (χ1) is 9.43. The van der Waals surface area contributed by atoms with E-state index in [4.69, 9.17) is 9.84 Å². The summed E-state index contributed by atoms with van der Waals surface area (Å²) in [4.78, 5) is 13.2. The molecule has 0 saturated heterocycles. The summed E-state index contributed by atoms with van der Waals surface area (Å²) in [6.07, 6.45) is 0.0864. The Hall–Kier alpha value is -1.75. The average molecular weight is 280 g/mol. The Kier molecular flexibility index (Phi) is 6.31. The SMILES string of the molecule is Cc1ccc(CNC(=O)N(C)CCO)c(OC(C)C)c1. The summed E-state index contributed by atoms with van der Waals surface area (Å²) in [6, 6.07) is 5.71. The molecule has 20 heavy (non-hydrogen) atoms. The Morgan fingerprint density at radius 3 is 2.75 bits per heavy atom. The fourth-order valence-corrected chi connectivity index (χ4v) is 1.73. The topological polar surface area (TPSA) is 61.8 Å². The van der Waals surface area contributed by atoms with Crippen LogP contribution in [-0.4, -0.2) is 42.3 Å². The van der Waals surface area contributed by atoms with Gasteiger partial charge >= 0.3 is 6.03 Å². The lowest BCUT2D eigenvalue weighted by Crippen LogP contribution is -2.38. The van der Waals surface area contributed by atoms with Crippen LogP contribution in [0.4, 0.5) is 4.79 Å². The van der Waals surface area contributed by atoms with Crippen molar-refractivity contribution < 1.29 is 14.6 Å². The molecule has 0 unspecified atom stereocenters. The summed E-state index contributed by atoms with van der Waals surface area (Å²) in [5, 5.41) is 11.6. The maximum Gasteiger partial charge on any atom is 0.317 e. The lowest BCUT2D eigenvalue weighted by Gasteiger charge is -2.19. The lowest BCUT2D eigenvalue weighted by atomic mass is 10.1. The van der Waals surface area contributed by atoms with Gasteiger partial charge in [0.25, 0.3) is 0 Å². The second-order valence-corrected chi connectivity index (χ2v) is 5.08. The molecule has 0 radical (unpaired) electrons. The molecule has 0 aliphatic rings. The minimum absolute atomic E-state index is 0.0455. The van der Waals surface area contributed by atoms with Crippen LogP contribution in [0.25, 0.3) is 0 Å². The molecule has 2 N–H and O–H groups in total. The number of amides is 2. The Bertz CT molecular complexity index is 447. The van der Waals surface area contributed by atoms with Crippen LogP contribution in [-0.2, 0) is 6.54 Å². The van der Waals surface area contributed by atoms with Crippen LogP contribution in [0, 0.1) is 6.92 Å². The standard InChI is InChI=1S/C15H24N2O3/c1-11(2)20-14-9-12(3)5-6-13(14)10-16-15(19)17(4)7-8-18/h5-6,9,11,18H,7-8,10H2,1-4H3,(H,16,19). The molecule has 5 heteroatoms. The smallest absolute Gasteiger partial charge is 0.317 e. The molecule has 5 nitrogen and oxygen atoms in total. The average Bonchev–Trinajstić information content (AvgIpc) is 2.37. The number of nitrogens with one attached hydrogen (secondary N) is 1. The van der Waals surface area contributed by atoms with Crippen LogP contribution in [0.1, 0.15) is 25.0 Å². The van der Waals surface area contributed by atoms with Gasteiger partial charge in [0, 0.05) is 25.7 Å². The maximum absolute atomic E-state index is 11.8. The highest BCUT2D eigenvalue weighted by molar-refractivity contribution is 5.73. The van der Waals surface area contributed by atoms with E-state index in [0.717, 1.165) is 16.9 Å². The first kappa shape index (κ1) is 16.3. The number of aliphatic hydroxyl groups is 1. The van der Waals surface area contributed by atoms with Gasteiger partial charge in [0.1, 0.15) is 5.75 Å².